The number of hydrogen-bond donors (Lipinski definition) is 4. The normalized spacial score (nSPS) is 11.4. The number of aromatic nitrogens is 3. The van der Waals surface area contributed by atoms with E-state index in [0.29, 0.717) is 12.5 Å². The molecule has 0 aliphatic carbocycles. The number of benzene rings is 2. The lowest BCUT2D eigenvalue weighted by molar-refractivity contribution is 0.0947. The Bertz CT molecular complexity index is 1660. The number of nitrogens with zero attached hydrogens (tertiary/aromatic N) is 2. The number of hydrogen-bond acceptors (Lipinski definition) is 8. The van der Waals surface area contributed by atoms with Crippen LogP contribution in [-0.2, 0) is 10.0 Å². The van der Waals surface area contributed by atoms with E-state index in [2.05, 4.69) is 20.5 Å². The number of amides is 1. The maximum absolute atomic E-state index is 15.8. The molecule has 4 N–H and O–H groups in total. The molecular formula is C24H22F3N5O6S. The van der Waals surface area contributed by atoms with E-state index in [-0.39, 0.29) is 41.1 Å². The fourth-order valence-electron chi connectivity index (χ4n) is 3.80. The van der Waals surface area contributed by atoms with Crippen molar-refractivity contribution < 1.29 is 41.0 Å². The Morgan fingerprint density at radius 3 is 2.56 bits per heavy atom. The minimum atomic E-state index is -4.61. The topological polar surface area (TPSA) is 156 Å². The number of halogens is 3. The van der Waals surface area contributed by atoms with Crippen molar-refractivity contribution in [1.29, 1.82) is 0 Å². The van der Waals surface area contributed by atoms with E-state index < -0.39 is 55.4 Å². The van der Waals surface area contributed by atoms with Crippen LogP contribution in [0.25, 0.3) is 22.0 Å². The summed E-state index contributed by atoms with van der Waals surface area (Å²) in [4.78, 5) is 15.3. The molecule has 0 aliphatic heterocycles. The lowest BCUT2D eigenvalue weighted by Crippen LogP contribution is -2.25. The highest BCUT2D eigenvalue weighted by atomic mass is 32.2. The average Bonchev–Trinajstić information content (AvgIpc) is 3.35. The number of nitrogens with one attached hydrogen (secondary N) is 3. The molecule has 39 heavy (non-hydrogen) atoms. The molecule has 4 aromatic rings. The predicted octanol–water partition coefficient (Wildman–Crippen LogP) is 2.97. The maximum Gasteiger partial charge on any atom is 0.272 e. The van der Waals surface area contributed by atoms with Crippen molar-refractivity contribution in [2.75, 3.05) is 32.1 Å². The number of anilines is 1. The number of sulfonamides is 1. The first-order valence-corrected chi connectivity index (χ1v) is 12.8. The smallest absolute Gasteiger partial charge is 0.272 e. The van der Waals surface area contributed by atoms with Crippen molar-refractivity contribution in [2.45, 2.75) is 11.3 Å². The molecule has 206 valence electrons. The zero-order valence-corrected chi connectivity index (χ0v) is 21.3. The van der Waals surface area contributed by atoms with Crippen LogP contribution in [0.5, 0.6) is 11.6 Å². The molecule has 0 atom stereocenters. The zero-order valence-electron chi connectivity index (χ0n) is 20.5. The molecule has 0 unspecified atom stereocenters. The summed E-state index contributed by atoms with van der Waals surface area (Å²) < 4.78 is 83.2. The summed E-state index contributed by atoms with van der Waals surface area (Å²) in [5.41, 5.74) is -1.66. The lowest BCUT2D eigenvalue weighted by Gasteiger charge is -2.16. The highest BCUT2D eigenvalue weighted by molar-refractivity contribution is 7.92. The number of carbonyl (C=O) groups excluding carboxylic acids is 1. The Hall–Kier alpha value is -4.37. The molecule has 0 spiro atoms. The Kier molecular flexibility index (Phi) is 7.92. The van der Waals surface area contributed by atoms with Crippen molar-refractivity contribution >= 4 is 32.5 Å². The number of fused-ring (bicyclic) bond motifs is 1. The molecular weight excluding hydrogens is 543 g/mol. The van der Waals surface area contributed by atoms with E-state index in [0.717, 1.165) is 19.4 Å². The lowest BCUT2D eigenvalue weighted by atomic mass is 10.00. The largest absolute Gasteiger partial charge is 0.496 e. The molecule has 15 heteroatoms. The van der Waals surface area contributed by atoms with Crippen LogP contribution in [-0.4, -0.2) is 62.0 Å². The van der Waals surface area contributed by atoms with Crippen LogP contribution in [0, 0.1) is 17.5 Å². The van der Waals surface area contributed by atoms with Gasteiger partial charge >= 0.3 is 0 Å². The number of aliphatic hydroxyl groups excluding tert-OH is 1. The third-order valence-corrected chi connectivity index (χ3v) is 6.98. The summed E-state index contributed by atoms with van der Waals surface area (Å²) in [6.07, 6.45) is 1.07. The van der Waals surface area contributed by atoms with Crippen LogP contribution >= 0.6 is 0 Å². The van der Waals surface area contributed by atoms with E-state index in [1.54, 1.807) is 0 Å². The van der Waals surface area contributed by atoms with Crippen LogP contribution in [0.4, 0.5) is 18.9 Å². The van der Waals surface area contributed by atoms with Crippen molar-refractivity contribution in [3.05, 3.63) is 59.7 Å². The molecule has 0 radical (unpaired) electrons. The number of aromatic amines is 1. The minimum Gasteiger partial charge on any atom is -0.496 e. The van der Waals surface area contributed by atoms with Gasteiger partial charge in [0.25, 0.3) is 15.9 Å². The molecule has 0 fully saturated rings. The number of methoxy groups -OCH3 is 2. The van der Waals surface area contributed by atoms with Gasteiger partial charge in [0.15, 0.2) is 22.2 Å². The fourth-order valence-corrected chi connectivity index (χ4v) is 4.99. The number of rotatable bonds is 10. The molecule has 0 saturated carbocycles. The van der Waals surface area contributed by atoms with Gasteiger partial charge in [-0.25, -0.2) is 26.6 Å². The Morgan fingerprint density at radius 2 is 1.87 bits per heavy atom. The number of aliphatic hydroxyl groups is 1. The van der Waals surface area contributed by atoms with Gasteiger partial charge in [0.1, 0.15) is 17.1 Å². The van der Waals surface area contributed by atoms with E-state index in [9.17, 15) is 17.6 Å². The second-order valence-electron chi connectivity index (χ2n) is 8.03. The number of H-pyrrole nitrogens is 1. The molecule has 2 aromatic heterocycles. The van der Waals surface area contributed by atoms with Gasteiger partial charge < -0.3 is 19.9 Å². The molecule has 0 saturated heterocycles. The third kappa shape index (κ3) is 5.31. The monoisotopic (exact) mass is 565 g/mol. The van der Waals surface area contributed by atoms with Gasteiger partial charge in [0, 0.05) is 30.2 Å². The van der Waals surface area contributed by atoms with Crippen molar-refractivity contribution in [1.82, 2.24) is 20.5 Å². The quantitative estimate of drug-likeness (QED) is 0.214. The summed E-state index contributed by atoms with van der Waals surface area (Å²) in [6.45, 7) is 0.0434. The Balaban J connectivity index is 1.78. The summed E-state index contributed by atoms with van der Waals surface area (Å²) in [6, 6.07) is 5.46. The standard InChI is InChI=1S/C24H22F3N5O6S/c1-37-16-7-6-15(32-39(35,36)17-10-12(25)11-29-24(17)38-2)20(27)18(16)13-4-5-14-21(19(13)26)30-31-22(14)23(34)28-8-3-9-33/h4-7,10-11,32-33H,3,8-9H2,1-2H3,(H,28,34)(H,30,31). The second kappa shape index (κ2) is 11.2. The third-order valence-electron chi connectivity index (χ3n) is 5.62. The molecule has 2 heterocycles. The van der Waals surface area contributed by atoms with Crippen LogP contribution in [0.2, 0.25) is 0 Å². The summed E-state index contributed by atoms with van der Waals surface area (Å²) in [7, 11) is -2.26. The molecule has 2 aromatic carbocycles. The van der Waals surface area contributed by atoms with Gasteiger partial charge in [-0.15, -0.1) is 0 Å². The van der Waals surface area contributed by atoms with Crippen LogP contribution in [0.1, 0.15) is 16.9 Å². The fraction of sp³-hybridized carbons (Fsp3) is 0.208. The molecule has 0 bridgehead atoms. The van der Waals surface area contributed by atoms with Gasteiger partial charge in [-0.05, 0) is 24.6 Å². The number of carbonyl (C=O) groups is 1. The van der Waals surface area contributed by atoms with Gasteiger partial charge in [-0.3, -0.25) is 14.6 Å². The Labute approximate surface area is 220 Å². The molecule has 11 nitrogen and oxygen atoms in total. The maximum atomic E-state index is 15.8. The first kappa shape index (κ1) is 27.7. The molecule has 4 rings (SSSR count). The number of pyridine rings is 1. The van der Waals surface area contributed by atoms with Crippen molar-refractivity contribution in [3.63, 3.8) is 0 Å². The second-order valence-corrected chi connectivity index (χ2v) is 9.68. The molecule has 1 amide bonds. The first-order chi connectivity index (χ1) is 18.6. The van der Waals surface area contributed by atoms with Crippen molar-refractivity contribution in [3.8, 4) is 22.8 Å². The highest BCUT2D eigenvalue weighted by Gasteiger charge is 2.27. The zero-order chi connectivity index (χ0) is 28.3. The van der Waals surface area contributed by atoms with Gasteiger partial charge in [0.2, 0.25) is 5.88 Å². The van der Waals surface area contributed by atoms with Gasteiger partial charge in [0.05, 0.1) is 31.7 Å². The van der Waals surface area contributed by atoms with Gasteiger partial charge in [-0.2, -0.15) is 5.10 Å². The summed E-state index contributed by atoms with van der Waals surface area (Å²) in [5, 5.41) is 17.8. The first-order valence-electron chi connectivity index (χ1n) is 11.3. The molecule has 0 aliphatic rings. The van der Waals surface area contributed by atoms with E-state index in [1.807, 2.05) is 4.72 Å². The average molecular weight is 566 g/mol. The van der Waals surface area contributed by atoms with Crippen LogP contribution in [0.3, 0.4) is 0 Å². The van der Waals surface area contributed by atoms with Crippen LogP contribution < -0.4 is 19.5 Å². The van der Waals surface area contributed by atoms with E-state index in [1.165, 1.54) is 25.3 Å². The Morgan fingerprint density at radius 1 is 1.10 bits per heavy atom. The predicted molar refractivity (Wildman–Crippen MR) is 134 cm³/mol. The van der Waals surface area contributed by atoms with E-state index >= 15 is 8.78 Å². The van der Waals surface area contributed by atoms with E-state index in [4.69, 9.17) is 14.6 Å². The van der Waals surface area contributed by atoms with Gasteiger partial charge in [-0.1, -0.05) is 6.07 Å². The summed E-state index contributed by atoms with van der Waals surface area (Å²) >= 11 is 0. The highest BCUT2D eigenvalue weighted by Crippen LogP contribution is 2.40. The summed E-state index contributed by atoms with van der Waals surface area (Å²) in [5.74, 6) is -4.30. The van der Waals surface area contributed by atoms with Crippen LogP contribution in [0.15, 0.2) is 41.4 Å². The SMILES string of the molecule is COc1ccc(NS(=O)(=O)c2cc(F)cnc2OC)c(F)c1-c1ccc2c(C(=O)NCCCO)n[nH]c2c1F. The number of ether oxygens (including phenoxy) is 2. The van der Waals surface area contributed by atoms with Crippen molar-refractivity contribution in [2.24, 2.45) is 0 Å². The minimum absolute atomic E-state index is 0.111.